The Bertz CT molecular complexity index is 1090. The quantitative estimate of drug-likeness (QED) is 0.717. The van der Waals surface area contributed by atoms with E-state index in [0.29, 0.717) is 16.8 Å². The maximum atomic E-state index is 13.3. The van der Waals surface area contributed by atoms with Gasteiger partial charge >= 0.3 is 0 Å². The molecule has 7 heteroatoms. The number of carbonyl (C=O) groups is 2. The second kappa shape index (κ2) is 7.71. The third-order valence-corrected chi connectivity index (χ3v) is 4.93. The van der Waals surface area contributed by atoms with Crippen molar-refractivity contribution in [2.75, 3.05) is 5.32 Å². The molecule has 3 aromatic rings. The van der Waals surface area contributed by atoms with Crippen LogP contribution in [0, 0.1) is 12.7 Å². The van der Waals surface area contributed by atoms with Crippen molar-refractivity contribution in [3.05, 3.63) is 89.6 Å². The first-order chi connectivity index (χ1) is 14.0. The number of carbonyl (C=O) groups excluding carboxylic acids is 2. The Hall–Kier alpha value is -3.74. The summed E-state index contributed by atoms with van der Waals surface area (Å²) < 4.78 is 15.0. The molecule has 1 aliphatic rings. The lowest BCUT2D eigenvalue weighted by molar-refractivity contribution is -0.121. The van der Waals surface area contributed by atoms with Gasteiger partial charge in [-0.3, -0.25) is 9.59 Å². The fourth-order valence-corrected chi connectivity index (χ4v) is 3.33. The largest absolute Gasteiger partial charge is 0.332 e. The van der Waals surface area contributed by atoms with Crippen molar-refractivity contribution < 1.29 is 14.0 Å². The first-order valence-corrected chi connectivity index (χ1v) is 9.18. The lowest BCUT2D eigenvalue weighted by atomic mass is 9.86. The number of aromatic nitrogens is 2. The highest BCUT2D eigenvalue weighted by atomic mass is 19.1. The summed E-state index contributed by atoms with van der Waals surface area (Å²) in [7, 11) is 0. The molecule has 0 radical (unpaired) electrons. The van der Waals surface area contributed by atoms with Crippen molar-refractivity contribution in [2.24, 2.45) is 0 Å². The van der Waals surface area contributed by atoms with Gasteiger partial charge in [0.1, 0.15) is 5.82 Å². The SMILES string of the molecule is Cc1ccc(-n2cccn2)cc1NC(=O)C1=CNC(=O)C[C@H]1c1ccc(F)cc1. The molecule has 2 heterocycles. The fourth-order valence-electron chi connectivity index (χ4n) is 3.33. The highest BCUT2D eigenvalue weighted by Crippen LogP contribution is 2.31. The van der Waals surface area contributed by atoms with Gasteiger partial charge in [0.25, 0.3) is 5.91 Å². The summed E-state index contributed by atoms with van der Waals surface area (Å²) in [5, 5.41) is 9.75. The number of rotatable bonds is 4. The number of benzene rings is 2. The van der Waals surface area contributed by atoms with Crippen LogP contribution in [0.4, 0.5) is 10.1 Å². The molecular weight excluding hydrogens is 371 g/mol. The summed E-state index contributed by atoms with van der Waals surface area (Å²) in [6.07, 6.45) is 5.06. The Labute approximate surface area is 167 Å². The topological polar surface area (TPSA) is 76.0 Å². The molecule has 0 saturated carbocycles. The first-order valence-electron chi connectivity index (χ1n) is 9.18. The Kier molecular flexibility index (Phi) is 4.95. The van der Waals surface area contributed by atoms with Crippen LogP contribution in [-0.4, -0.2) is 21.6 Å². The minimum Gasteiger partial charge on any atom is -0.332 e. The molecule has 0 aliphatic carbocycles. The van der Waals surface area contributed by atoms with E-state index in [1.165, 1.54) is 18.3 Å². The second-order valence-corrected chi connectivity index (χ2v) is 6.88. The number of amides is 2. The van der Waals surface area contributed by atoms with Gasteiger partial charge in [-0.1, -0.05) is 18.2 Å². The summed E-state index contributed by atoms with van der Waals surface area (Å²) in [6, 6.07) is 13.3. The summed E-state index contributed by atoms with van der Waals surface area (Å²) in [6.45, 7) is 1.90. The van der Waals surface area contributed by atoms with E-state index in [0.717, 1.165) is 11.3 Å². The second-order valence-electron chi connectivity index (χ2n) is 6.88. The zero-order valence-electron chi connectivity index (χ0n) is 15.7. The molecule has 2 N–H and O–H groups in total. The Balaban J connectivity index is 1.62. The Morgan fingerprint density at radius 2 is 2.03 bits per heavy atom. The molecule has 2 amide bonds. The Morgan fingerprint density at radius 3 is 2.76 bits per heavy atom. The van der Waals surface area contributed by atoms with Crippen molar-refractivity contribution in [1.29, 1.82) is 0 Å². The van der Waals surface area contributed by atoms with E-state index in [4.69, 9.17) is 0 Å². The van der Waals surface area contributed by atoms with E-state index in [2.05, 4.69) is 15.7 Å². The zero-order chi connectivity index (χ0) is 20.4. The van der Waals surface area contributed by atoms with Crippen molar-refractivity contribution in [3.8, 4) is 5.69 Å². The van der Waals surface area contributed by atoms with E-state index in [1.807, 2.05) is 37.4 Å². The number of halogens is 1. The molecule has 0 fully saturated rings. The lowest BCUT2D eigenvalue weighted by Crippen LogP contribution is -2.32. The van der Waals surface area contributed by atoms with Gasteiger partial charge in [-0.15, -0.1) is 0 Å². The minimum absolute atomic E-state index is 0.122. The molecule has 1 aliphatic heterocycles. The van der Waals surface area contributed by atoms with Crippen LogP contribution >= 0.6 is 0 Å². The maximum absolute atomic E-state index is 13.3. The summed E-state index contributed by atoms with van der Waals surface area (Å²) in [5.41, 5.74) is 3.49. The van der Waals surface area contributed by atoms with Gasteiger partial charge in [-0.05, 0) is 48.4 Å². The molecule has 6 nitrogen and oxygen atoms in total. The minimum atomic E-state index is -0.445. The van der Waals surface area contributed by atoms with E-state index in [1.54, 1.807) is 23.0 Å². The molecule has 0 unspecified atom stereocenters. The van der Waals surface area contributed by atoms with Gasteiger partial charge < -0.3 is 10.6 Å². The first kappa shape index (κ1) is 18.6. The molecular formula is C22H19FN4O2. The van der Waals surface area contributed by atoms with Gasteiger partial charge in [0.05, 0.1) is 5.69 Å². The van der Waals surface area contributed by atoms with E-state index in [9.17, 15) is 14.0 Å². The molecule has 0 saturated heterocycles. The number of hydrogen-bond donors (Lipinski definition) is 2. The standard InChI is InChI=1S/C22H19FN4O2/c1-14-3-8-17(27-10-2-9-25-27)11-20(14)26-22(29)19-13-24-21(28)12-18(19)15-4-6-16(23)7-5-15/h2-11,13,18H,12H2,1H3,(H,24,28)(H,26,29)/t18-/m0/s1. The van der Waals surface area contributed by atoms with Crippen LogP contribution in [0.25, 0.3) is 5.69 Å². The van der Waals surface area contributed by atoms with Crippen LogP contribution in [0.2, 0.25) is 0 Å². The zero-order valence-corrected chi connectivity index (χ0v) is 15.7. The molecule has 1 aromatic heterocycles. The van der Waals surface area contributed by atoms with Gasteiger partial charge in [-0.25, -0.2) is 9.07 Å². The normalized spacial score (nSPS) is 16.1. The maximum Gasteiger partial charge on any atom is 0.253 e. The van der Waals surface area contributed by atoms with Crippen LogP contribution in [0.3, 0.4) is 0 Å². The van der Waals surface area contributed by atoms with Gasteiger partial charge in [-0.2, -0.15) is 5.10 Å². The monoisotopic (exact) mass is 390 g/mol. The molecule has 0 bridgehead atoms. The smallest absolute Gasteiger partial charge is 0.253 e. The van der Waals surface area contributed by atoms with E-state index < -0.39 is 5.92 Å². The number of aryl methyl sites for hydroxylation is 1. The van der Waals surface area contributed by atoms with E-state index >= 15 is 0 Å². The highest BCUT2D eigenvalue weighted by molar-refractivity contribution is 6.06. The number of hydrogen-bond acceptors (Lipinski definition) is 3. The Morgan fingerprint density at radius 1 is 1.24 bits per heavy atom. The lowest BCUT2D eigenvalue weighted by Gasteiger charge is -2.24. The number of nitrogens with zero attached hydrogens (tertiary/aromatic N) is 2. The van der Waals surface area contributed by atoms with Crippen LogP contribution in [0.5, 0.6) is 0 Å². The predicted molar refractivity (Wildman–Crippen MR) is 107 cm³/mol. The predicted octanol–water partition coefficient (Wildman–Crippen LogP) is 3.45. The number of anilines is 1. The molecule has 1 atom stereocenters. The van der Waals surface area contributed by atoms with E-state index in [-0.39, 0.29) is 24.1 Å². The van der Waals surface area contributed by atoms with Crippen LogP contribution in [0.1, 0.15) is 23.5 Å². The van der Waals surface area contributed by atoms with Crippen molar-refractivity contribution in [1.82, 2.24) is 15.1 Å². The highest BCUT2D eigenvalue weighted by Gasteiger charge is 2.29. The average Bonchev–Trinajstić information content (AvgIpc) is 3.25. The van der Waals surface area contributed by atoms with Crippen LogP contribution in [0.15, 0.2) is 72.7 Å². The summed E-state index contributed by atoms with van der Waals surface area (Å²) in [5.74, 6) is -1.32. The van der Waals surface area contributed by atoms with Gasteiger partial charge in [0.15, 0.2) is 0 Å². The molecule has 0 spiro atoms. The molecule has 4 rings (SSSR count). The molecule has 146 valence electrons. The molecule has 2 aromatic carbocycles. The third kappa shape index (κ3) is 3.94. The van der Waals surface area contributed by atoms with Crippen LogP contribution in [-0.2, 0) is 9.59 Å². The van der Waals surface area contributed by atoms with Crippen LogP contribution < -0.4 is 10.6 Å². The summed E-state index contributed by atoms with van der Waals surface area (Å²) >= 11 is 0. The van der Waals surface area contributed by atoms with Crippen molar-refractivity contribution in [3.63, 3.8) is 0 Å². The summed E-state index contributed by atoms with van der Waals surface area (Å²) in [4.78, 5) is 24.9. The molecule has 29 heavy (non-hydrogen) atoms. The van der Waals surface area contributed by atoms with Crippen molar-refractivity contribution >= 4 is 17.5 Å². The van der Waals surface area contributed by atoms with Gasteiger partial charge in [0.2, 0.25) is 5.91 Å². The fraction of sp³-hybridized carbons (Fsp3) is 0.136. The van der Waals surface area contributed by atoms with Crippen molar-refractivity contribution in [2.45, 2.75) is 19.3 Å². The number of nitrogens with one attached hydrogen (secondary N) is 2. The average molecular weight is 390 g/mol. The van der Waals surface area contributed by atoms with Gasteiger partial charge in [0, 0.05) is 42.2 Å². The third-order valence-electron chi connectivity index (χ3n) is 4.93.